The molecule has 0 bridgehead atoms. The number of aromatic amines is 1. The topological polar surface area (TPSA) is 130 Å². The number of rotatable bonds is 5. The molecule has 152 valence electrons. The van der Waals surface area contributed by atoms with Gasteiger partial charge in [-0.2, -0.15) is 0 Å². The highest BCUT2D eigenvalue weighted by Crippen LogP contribution is 2.28. The molecular weight excluding hydrogens is 399 g/mol. The number of carbonyl (C=O) groups excluding carboxylic acids is 3. The maximum Gasteiger partial charge on any atom is 0.287 e. The van der Waals surface area contributed by atoms with Gasteiger partial charge >= 0.3 is 0 Å². The normalized spacial score (nSPS) is 12.3. The molecule has 1 aliphatic heterocycles. The van der Waals surface area contributed by atoms with E-state index in [-0.39, 0.29) is 36.0 Å². The van der Waals surface area contributed by atoms with Crippen LogP contribution in [0, 0.1) is 0 Å². The standard InChI is InChI=1S/C21H15BN4O5/c22-13-4-2-12(3-5-13)18(28)14-9-23-19(26-20(14)29)21(30)24-8-11-1-6-16-15(7-11)25-17(27)10-31-16/h1-7,9H,8,10H2,(H,24,30)(H,25,27)(H,23,26,29). The van der Waals surface area contributed by atoms with Crippen molar-refractivity contribution in [1.29, 1.82) is 0 Å². The summed E-state index contributed by atoms with van der Waals surface area (Å²) in [6.45, 7) is 0.0801. The number of nitrogens with zero attached hydrogens (tertiary/aromatic N) is 1. The first kappa shape index (κ1) is 20.1. The average Bonchev–Trinajstić information content (AvgIpc) is 2.77. The van der Waals surface area contributed by atoms with Gasteiger partial charge in [0.1, 0.15) is 19.2 Å². The van der Waals surface area contributed by atoms with Crippen molar-refractivity contribution >= 4 is 36.6 Å². The minimum absolute atomic E-state index is 0.0427. The van der Waals surface area contributed by atoms with Gasteiger partial charge in [0.05, 0.1) is 5.69 Å². The van der Waals surface area contributed by atoms with Crippen LogP contribution in [0.1, 0.15) is 32.1 Å². The number of carbonyl (C=O) groups is 3. The second-order valence-electron chi connectivity index (χ2n) is 6.78. The lowest BCUT2D eigenvalue weighted by molar-refractivity contribution is -0.118. The Labute approximate surface area is 177 Å². The van der Waals surface area contributed by atoms with Crippen molar-refractivity contribution in [2.75, 3.05) is 11.9 Å². The molecule has 3 N–H and O–H groups in total. The van der Waals surface area contributed by atoms with Crippen molar-refractivity contribution in [2.45, 2.75) is 6.54 Å². The SMILES string of the molecule is [B]c1ccc(C(=O)c2cnc(C(=O)NCc3ccc4c(c3)NC(=O)CO4)[nH]c2=O)cc1. The van der Waals surface area contributed by atoms with Crippen LogP contribution in [0.15, 0.2) is 53.5 Å². The third kappa shape index (κ3) is 4.37. The molecule has 10 heteroatoms. The fraction of sp³-hybridized carbons (Fsp3) is 0.0952. The Hall–Kier alpha value is -4.21. The molecule has 3 aromatic rings. The molecule has 0 atom stereocenters. The first-order valence-electron chi connectivity index (χ1n) is 9.24. The largest absolute Gasteiger partial charge is 0.482 e. The Kier molecular flexibility index (Phi) is 5.36. The number of nitrogens with one attached hydrogen (secondary N) is 3. The van der Waals surface area contributed by atoms with E-state index in [0.29, 0.717) is 22.5 Å². The lowest BCUT2D eigenvalue weighted by Gasteiger charge is -2.18. The third-order valence-electron chi connectivity index (χ3n) is 4.56. The molecule has 0 aliphatic carbocycles. The number of benzene rings is 2. The molecule has 31 heavy (non-hydrogen) atoms. The molecule has 1 aromatic heterocycles. The molecule has 0 unspecified atom stereocenters. The highest BCUT2D eigenvalue weighted by Gasteiger charge is 2.18. The van der Waals surface area contributed by atoms with Gasteiger partial charge in [-0.15, -0.1) is 0 Å². The van der Waals surface area contributed by atoms with Crippen molar-refractivity contribution in [3.63, 3.8) is 0 Å². The molecule has 2 radical (unpaired) electrons. The molecule has 0 spiro atoms. The van der Waals surface area contributed by atoms with Gasteiger partial charge in [-0.1, -0.05) is 35.8 Å². The van der Waals surface area contributed by atoms with Gasteiger partial charge in [0.2, 0.25) is 0 Å². The quantitative estimate of drug-likeness (QED) is 0.400. The zero-order chi connectivity index (χ0) is 22.0. The van der Waals surface area contributed by atoms with Crippen LogP contribution in [-0.2, 0) is 11.3 Å². The number of hydrogen-bond donors (Lipinski definition) is 3. The summed E-state index contributed by atoms with van der Waals surface area (Å²) in [7, 11) is 5.60. The van der Waals surface area contributed by atoms with Crippen LogP contribution < -0.4 is 26.4 Å². The second-order valence-corrected chi connectivity index (χ2v) is 6.78. The summed E-state index contributed by atoms with van der Waals surface area (Å²) in [5.74, 6) is -1.10. The summed E-state index contributed by atoms with van der Waals surface area (Å²) in [4.78, 5) is 54.8. The van der Waals surface area contributed by atoms with Gasteiger partial charge in [0.25, 0.3) is 17.4 Å². The zero-order valence-corrected chi connectivity index (χ0v) is 16.1. The second kappa shape index (κ2) is 8.27. The Morgan fingerprint density at radius 1 is 1.13 bits per heavy atom. The molecule has 9 nitrogen and oxygen atoms in total. The molecule has 2 heterocycles. The summed E-state index contributed by atoms with van der Waals surface area (Å²) in [5.41, 5.74) is 1.07. The molecule has 1 aliphatic rings. The molecule has 0 fully saturated rings. The Balaban J connectivity index is 1.45. The minimum Gasteiger partial charge on any atom is -0.482 e. The van der Waals surface area contributed by atoms with Crippen molar-refractivity contribution < 1.29 is 19.1 Å². The van der Waals surface area contributed by atoms with Gasteiger partial charge in [-0.05, 0) is 17.7 Å². The van der Waals surface area contributed by atoms with E-state index >= 15 is 0 Å². The van der Waals surface area contributed by atoms with Crippen molar-refractivity contribution in [3.05, 3.63) is 81.5 Å². The number of hydrogen-bond acceptors (Lipinski definition) is 6. The Bertz CT molecular complexity index is 1250. The number of ketones is 1. The lowest BCUT2D eigenvalue weighted by Crippen LogP contribution is -2.29. The first-order valence-corrected chi connectivity index (χ1v) is 9.24. The zero-order valence-electron chi connectivity index (χ0n) is 16.1. The summed E-state index contributed by atoms with van der Waals surface area (Å²) < 4.78 is 5.28. The van der Waals surface area contributed by atoms with E-state index in [2.05, 4.69) is 20.6 Å². The summed E-state index contributed by atoms with van der Waals surface area (Å²) in [6, 6.07) is 11.2. The van der Waals surface area contributed by atoms with Crippen LogP contribution in [-0.4, -0.2) is 42.0 Å². The van der Waals surface area contributed by atoms with E-state index in [1.807, 2.05) is 0 Å². The lowest BCUT2D eigenvalue weighted by atomic mass is 9.94. The van der Waals surface area contributed by atoms with E-state index in [1.165, 1.54) is 12.1 Å². The van der Waals surface area contributed by atoms with E-state index in [9.17, 15) is 19.2 Å². The monoisotopic (exact) mass is 414 g/mol. The van der Waals surface area contributed by atoms with Gasteiger partial charge in [0.15, 0.2) is 18.2 Å². The van der Waals surface area contributed by atoms with Gasteiger partial charge < -0.3 is 20.4 Å². The van der Waals surface area contributed by atoms with Crippen LogP contribution in [0.5, 0.6) is 5.75 Å². The summed E-state index contributed by atoms with van der Waals surface area (Å²) in [6.07, 6.45) is 1.07. The Morgan fingerprint density at radius 2 is 1.90 bits per heavy atom. The van der Waals surface area contributed by atoms with Crippen molar-refractivity contribution in [2.24, 2.45) is 0 Å². The molecule has 2 amide bonds. The van der Waals surface area contributed by atoms with E-state index in [1.54, 1.807) is 30.3 Å². The summed E-state index contributed by atoms with van der Waals surface area (Å²) >= 11 is 0. The smallest absolute Gasteiger partial charge is 0.287 e. The number of ether oxygens (including phenoxy) is 1. The van der Waals surface area contributed by atoms with E-state index < -0.39 is 17.2 Å². The molecular formula is C21H15BN4O5. The van der Waals surface area contributed by atoms with Crippen LogP contribution in [0.25, 0.3) is 0 Å². The Morgan fingerprint density at radius 3 is 2.65 bits per heavy atom. The number of amides is 2. The molecule has 0 saturated heterocycles. The molecule has 2 aromatic carbocycles. The predicted octanol–water partition coefficient (Wildman–Crippen LogP) is 0.0556. The van der Waals surface area contributed by atoms with Crippen LogP contribution in [0.4, 0.5) is 5.69 Å². The first-order chi connectivity index (χ1) is 14.9. The number of fused-ring (bicyclic) bond motifs is 1. The third-order valence-corrected chi connectivity index (χ3v) is 4.56. The minimum atomic E-state index is -0.726. The maximum absolute atomic E-state index is 12.5. The van der Waals surface area contributed by atoms with Crippen molar-refractivity contribution in [1.82, 2.24) is 15.3 Å². The van der Waals surface area contributed by atoms with Crippen LogP contribution >= 0.6 is 0 Å². The maximum atomic E-state index is 12.5. The highest BCUT2D eigenvalue weighted by atomic mass is 16.5. The molecule has 4 rings (SSSR count). The number of H-pyrrole nitrogens is 1. The molecule has 0 saturated carbocycles. The summed E-state index contributed by atoms with van der Waals surface area (Å²) in [5, 5.41) is 5.31. The van der Waals surface area contributed by atoms with Gasteiger partial charge in [-0.25, -0.2) is 4.98 Å². The van der Waals surface area contributed by atoms with Gasteiger partial charge in [0, 0.05) is 18.3 Å². The van der Waals surface area contributed by atoms with E-state index in [4.69, 9.17) is 12.6 Å². The number of anilines is 1. The van der Waals surface area contributed by atoms with E-state index in [0.717, 1.165) is 6.20 Å². The fourth-order valence-electron chi connectivity index (χ4n) is 2.97. The predicted molar refractivity (Wildman–Crippen MR) is 112 cm³/mol. The van der Waals surface area contributed by atoms with Gasteiger partial charge in [-0.3, -0.25) is 19.2 Å². The van der Waals surface area contributed by atoms with Crippen molar-refractivity contribution in [3.8, 4) is 5.75 Å². The number of aromatic nitrogens is 2. The van der Waals surface area contributed by atoms with Crippen LogP contribution in [0.2, 0.25) is 0 Å². The highest BCUT2D eigenvalue weighted by molar-refractivity contribution is 6.32. The average molecular weight is 414 g/mol. The van der Waals surface area contributed by atoms with Crippen LogP contribution in [0.3, 0.4) is 0 Å². The fourth-order valence-corrected chi connectivity index (χ4v) is 2.97.